The molecule has 1 amide bonds. The molecule has 1 aromatic rings. The number of aliphatic carboxylic acids is 1. The van der Waals surface area contributed by atoms with Gasteiger partial charge in [-0.05, 0) is 50.7 Å². The third kappa shape index (κ3) is 7.17. The number of carbonyl (C=O) groups excluding carboxylic acids is 1. The Kier molecular flexibility index (Phi) is 6.61. The highest BCUT2D eigenvalue weighted by atomic mass is 16.6. The molecule has 0 saturated carbocycles. The van der Waals surface area contributed by atoms with Crippen molar-refractivity contribution >= 4 is 12.1 Å². The largest absolute Gasteiger partial charge is 0.480 e. The van der Waals surface area contributed by atoms with Gasteiger partial charge in [0.2, 0.25) is 0 Å². The molecular formula is C18H27NO4. The van der Waals surface area contributed by atoms with Crippen LogP contribution in [0.5, 0.6) is 0 Å². The molecule has 2 N–H and O–H groups in total. The standard InChI is InChI=1S/C18H27NO4/c1-12(2)14-9-6-13(7-10-14)8-11-15(16(20)21)19-17(22)23-18(3,4)5/h6-7,9-10,12,15H,8,11H2,1-5H3,(H,19,22)(H,20,21)/t15-/m0/s1. The molecule has 1 aromatic carbocycles. The maximum absolute atomic E-state index is 11.7. The Morgan fingerprint density at radius 3 is 2.17 bits per heavy atom. The Morgan fingerprint density at radius 2 is 1.74 bits per heavy atom. The molecule has 1 rings (SSSR count). The number of nitrogens with one attached hydrogen (secondary N) is 1. The zero-order valence-corrected chi connectivity index (χ0v) is 14.6. The smallest absolute Gasteiger partial charge is 0.408 e. The number of rotatable bonds is 6. The summed E-state index contributed by atoms with van der Waals surface area (Å²) in [6.45, 7) is 9.45. The molecule has 5 heteroatoms. The molecule has 0 radical (unpaired) electrons. The van der Waals surface area contributed by atoms with E-state index in [-0.39, 0.29) is 0 Å². The van der Waals surface area contributed by atoms with Gasteiger partial charge in [-0.3, -0.25) is 0 Å². The first-order valence-corrected chi connectivity index (χ1v) is 7.89. The number of aryl methyl sites for hydroxylation is 1. The first-order valence-electron chi connectivity index (χ1n) is 7.89. The van der Waals surface area contributed by atoms with Crippen LogP contribution in [-0.2, 0) is 16.0 Å². The van der Waals surface area contributed by atoms with Crippen molar-refractivity contribution in [2.45, 2.75) is 65.0 Å². The van der Waals surface area contributed by atoms with E-state index >= 15 is 0 Å². The minimum Gasteiger partial charge on any atom is -0.480 e. The van der Waals surface area contributed by atoms with Crippen LogP contribution in [0.3, 0.4) is 0 Å². The summed E-state index contributed by atoms with van der Waals surface area (Å²) >= 11 is 0. The molecule has 0 aromatic heterocycles. The zero-order valence-electron chi connectivity index (χ0n) is 14.6. The quantitative estimate of drug-likeness (QED) is 0.837. The van der Waals surface area contributed by atoms with Crippen LogP contribution in [-0.4, -0.2) is 28.8 Å². The number of ether oxygens (including phenoxy) is 1. The lowest BCUT2D eigenvalue weighted by Crippen LogP contribution is -2.43. The fraction of sp³-hybridized carbons (Fsp3) is 0.556. The molecule has 0 bridgehead atoms. The molecule has 128 valence electrons. The van der Waals surface area contributed by atoms with Crippen molar-refractivity contribution < 1.29 is 19.4 Å². The molecule has 0 unspecified atom stereocenters. The fourth-order valence-corrected chi connectivity index (χ4v) is 2.09. The van der Waals surface area contributed by atoms with E-state index in [4.69, 9.17) is 4.74 Å². The summed E-state index contributed by atoms with van der Waals surface area (Å²) < 4.78 is 5.10. The second-order valence-corrected chi connectivity index (χ2v) is 6.97. The van der Waals surface area contributed by atoms with Crippen molar-refractivity contribution in [1.82, 2.24) is 5.32 Å². The number of hydrogen-bond acceptors (Lipinski definition) is 3. The van der Waals surface area contributed by atoms with Crippen LogP contribution in [0.15, 0.2) is 24.3 Å². The second-order valence-electron chi connectivity index (χ2n) is 6.97. The van der Waals surface area contributed by atoms with E-state index in [1.165, 1.54) is 5.56 Å². The summed E-state index contributed by atoms with van der Waals surface area (Å²) in [6.07, 6.45) is 0.181. The molecule has 1 atom stereocenters. The van der Waals surface area contributed by atoms with Crippen LogP contribution in [0.2, 0.25) is 0 Å². The Hall–Kier alpha value is -2.04. The van der Waals surface area contributed by atoms with Gasteiger partial charge in [-0.2, -0.15) is 0 Å². The third-order valence-corrected chi connectivity index (χ3v) is 3.36. The summed E-state index contributed by atoms with van der Waals surface area (Å²) in [5.74, 6) is -0.598. The highest BCUT2D eigenvalue weighted by Gasteiger charge is 2.23. The number of carboxylic acids is 1. The number of carboxylic acid groups (broad SMARTS) is 1. The third-order valence-electron chi connectivity index (χ3n) is 3.36. The summed E-state index contributed by atoms with van der Waals surface area (Å²) in [5.41, 5.74) is 1.64. The molecule has 0 spiro atoms. The van der Waals surface area contributed by atoms with Crippen LogP contribution in [0.25, 0.3) is 0 Å². The number of hydrogen-bond donors (Lipinski definition) is 2. The number of amides is 1. The van der Waals surface area contributed by atoms with E-state index in [1.54, 1.807) is 20.8 Å². The SMILES string of the molecule is CC(C)c1ccc(CC[C@H](NC(=O)OC(C)(C)C)C(=O)O)cc1. The van der Waals surface area contributed by atoms with Gasteiger partial charge in [0.25, 0.3) is 0 Å². The van der Waals surface area contributed by atoms with Crippen LogP contribution in [0.4, 0.5) is 4.79 Å². The minimum atomic E-state index is -1.06. The maximum atomic E-state index is 11.7. The normalized spacial score (nSPS) is 12.8. The van der Waals surface area contributed by atoms with Gasteiger partial charge >= 0.3 is 12.1 Å². The first kappa shape index (κ1) is 19.0. The van der Waals surface area contributed by atoms with Gasteiger partial charge in [-0.15, -0.1) is 0 Å². The predicted octanol–water partition coefficient (Wildman–Crippen LogP) is 3.72. The number of carbonyl (C=O) groups is 2. The lowest BCUT2D eigenvalue weighted by atomic mass is 9.99. The van der Waals surface area contributed by atoms with Crippen LogP contribution in [0.1, 0.15) is 58.1 Å². The van der Waals surface area contributed by atoms with Gasteiger partial charge in [0.15, 0.2) is 0 Å². The average Bonchev–Trinajstić information content (AvgIpc) is 2.41. The molecule has 5 nitrogen and oxygen atoms in total. The molecule has 0 aliphatic carbocycles. The van der Waals surface area contributed by atoms with E-state index < -0.39 is 23.7 Å². The highest BCUT2D eigenvalue weighted by molar-refractivity contribution is 5.80. The van der Waals surface area contributed by atoms with Gasteiger partial charge in [-0.1, -0.05) is 38.1 Å². The van der Waals surface area contributed by atoms with Gasteiger partial charge in [0, 0.05) is 0 Å². The summed E-state index contributed by atoms with van der Waals surface area (Å²) in [7, 11) is 0. The molecular weight excluding hydrogens is 294 g/mol. The first-order chi connectivity index (χ1) is 10.6. The van der Waals surface area contributed by atoms with E-state index in [0.29, 0.717) is 18.8 Å². The Balaban J connectivity index is 2.59. The molecule has 0 fully saturated rings. The van der Waals surface area contributed by atoms with Crippen molar-refractivity contribution in [1.29, 1.82) is 0 Å². The fourth-order valence-electron chi connectivity index (χ4n) is 2.09. The Labute approximate surface area is 138 Å². The van der Waals surface area contributed by atoms with Crippen molar-refractivity contribution in [3.8, 4) is 0 Å². The zero-order chi connectivity index (χ0) is 17.6. The number of alkyl carbamates (subject to hydrolysis) is 1. The molecule has 0 aliphatic heterocycles. The van der Waals surface area contributed by atoms with Gasteiger partial charge in [0.05, 0.1) is 0 Å². The monoisotopic (exact) mass is 321 g/mol. The van der Waals surface area contributed by atoms with E-state index in [2.05, 4.69) is 31.3 Å². The lowest BCUT2D eigenvalue weighted by Gasteiger charge is -2.22. The summed E-state index contributed by atoms with van der Waals surface area (Å²) in [6, 6.07) is 7.15. The molecule has 0 aliphatic rings. The van der Waals surface area contributed by atoms with E-state index in [0.717, 1.165) is 5.56 Å². The Bertz CT molecular complexity index is 529. The van der Waals surface area contributed by atoms with E-state index in [9.17, 15) is 14.7 Å². The van der Waals surface area contributed by atoms with Crippen molar-refractivity contribution in [2.75, 3.05) is 0 Å². The van der Waals surface area contributed by atoms with Gasteiger partial charge in [-0.25, -0.2) is 9.59 Å². The van der Waals surface area contributed by atoms with Gasteiger partial charge in [0.1, 0.15) is 11.6 Å². The molecule has 23 heavy (non-hydrogen) atoms. The maximum Gasteiger partial charge on any atom is 0.408 e. The van der Waals surface area contributed by atoms with E-state index in [1.807, 2.05) is 12.1 Å². The average molecular weight is 321 g/mol. The van der Waals surface area contributed by atoms with Crippen molar-refractivity contribution in [3.05, 3.63) is 35.4 Å². The lowest BCUT2D eigenvalue weighted by molar-refractivity contribution is -0.139. The van der Waals surface area contributed by atoms with Crippen molar-refractivity contribution in [2.24, 2.45) is 0 Å². The minimum absolute atomic E-state index is 0.315. The van der Waals surface area contributed by atoms with Gasteiger partial charge < -0.3 is 15.2 Å². The van der Waals surface area contributed by atoms with Crippen LogP contribution >= 0.6 is 0 Å². The van der Waals surface area contributed by atoms with Crippen LogP contribution in [0, 0.1) is 0 Å². The summed E-state index contributed by atoms with van der Waals surface area (Å²) in [4.78, 5) is 23.0. The number of benzene rings is 1. The second kappa shape index (κ2) is 7.99. The molecule has 0 heterocycles. The topological polar surface area (TPSA) is 75.6 Å². The summed E-state index contributed by atoms with van der Waals surface area (Å²) in [5, 5.41) is 11.7. The van der Waals surface area contributed by atoms with Crippen molar-refractivity contribution in [3.63, 3.8) is 0 Å². The predicted molar refractivity (Wildman–Crippen MR) is 89.6 cm³/mol. The molecule has 0 saturated heterocycles. The van der Waals surface area contributed by atoms with Crippen LogP contribution < -0.4 is 5.32 Å². The Morgan fingerprint density at radius 1 is 1.17 bits per heavy atom. The highest BCUT2D eigenvalue weighted by Crippen LogP contribution is 2.16.